The number of nitrogens with zero attached hydrogens (tertiary/aromatic N) is 2. The van der Waals surface area contributed by atoms with Gasteiger partial charge in [-0.25, -0.2) is 14.2 Å². The van der Waals surface area contributed by atoms with E-state index in [4.69, 9.17) is 5.11 Å². The number of carboxylic acids is 1. The summed E-state index contributed by atoms with van der Waals surface area (Å²) in [7, 11) is 2.04. The summed E-state index contributed by atoms with van der Waals surface area (Å²) in [6.07, 6.45) is 3.10. The summed E-state index contributed by atoms with van der Waals surface area (Å²) in [5.74, 6) is -2.03. The van der Waals surface area contributed by atoms with Gasteiger partial charge in [0.15, 0.2) is 11.6 Å². The molecule has 1 aromatic heterocycles. The van der Waals surface area contributed by atoms with Gasteiger partial charge >= 0.3 is 5.97 Å². The number of likely N-dealkylation sites (tertiary alicyclic amines) is 1. The SMILES string of the molecule is CN1CCC(Nc2nccc(C(=O)O)c2F)CC1. The normalized spacial score (nSPS) is 17.7. The maximum absolute atomic E-state index is 13.8. The molecule has 0 aliphatic carbocycles. The maximum Gasteiger partial charge on any atom is 0.338 e. The molecule has 1 aliphatic rings. The van der Waals surface area contributed by atoms with Crippen LogP contribution in [0.25, 0.3) is 0 Å². The standard InChI is InChI=1S/C12H16FN3O2/c1-16-6-3-8(4-7-16)15-11-10(13)9(12(17)18)2-5-14-11/h2,5,8H,3-4,6-7H2,1H3,(H,14,15)(H,17,18). The van der Waals surface area contributed by atoms with Crippen LogP contribution >= 0.6 is 0 Å². The van der Waals surface area contributed by atoms with Gasteiger partial charge in [-0.05, 0) is 39.0 Å². The van der Waals surface area contributed by atoms with Gasteiger partial charge in [0, 0.05) is 12.2 Å². The van der Waals surface area contributed by atoms with Crippen LogP contribution in [0.4, 0.5) is 10.2 Å². The molecule has 5 nitrogen and oxygen atoms in total. The van der Waals surface area contributed by atoms with Gasteiger partial charge < -0.3 is 15.3 Å². The Labute approximate surface area is 105 Å². The lowest BCUT2D eigenvalue weighted by Crippen LogP contribution is -2.37. The maximum atomic E-state index is 13.8. The topological polar surface area (TPSA) is 65.5 Å². The molecule has 2 rings (SSSR count). The fourth-order valence-electron chi connectivity index (χ4n) is 2.06. The van der Waals surface area contributed by atoms with E-state index in [0.717, 1.165) is 32.0 Å². The van der Waals surface area contributed by atoms with Crippen LogP contribution in [-0.4, -0.2) is 47.1 Å². The molecule has 0 radical (unpaired) electrons. The average Bonchev–Trinajstić information content (AvgIpc) is 2.34. The van der Waals surface area contributed by atoms with Crippen molar-refractivity contribution < 1.29 is 14.3 Å². The lowest BCUT2D eigenvalue weighted by molar-refractivity contribution is 0.0692. The molecule has 0 amide bonds. The largest absolute Gasteiger partial charge is 0.478 e. The highest BCUT2D eigenvalue weighted by Crippen LogP contribution is 2.19. The molecule has 2 N–H and O–H groups in total. The minimum Gasteiger partial charge on any atom is -0.478 e. The number of hydrogen-bond acceptors (Lipinski definition) is 4. The Balaban J connectivity index is 2.10. The van der Waals surface area contributed by atoms with Gasteiger partial charge in [0.05, 0.1) is 0 Å². The summed E-state index contributed by atoms with van der Waals surface area (Å²) in [5, 5.41) is 11.8. The van der Waals surface area contributed by atoms with Crippen molar-refractivity contribution in [1.82, 2.24) is 9.88 Å². The number of nitrogens with one attached hydrogen (secondary N) is 1. The highest BCUT2D eigenvalue weighted by Gasteiger charge is 2.20. The van der Waals surface area contributed by atoms with Gasteiger partial charge in [-0.3, -0.25) is 0 Å². The zero-order valence-electron chi connectivity index (χ0n) is 10.2. The molecular formula is C12H16FN3O2. The van der Waals surface area contributed by atoms with E-state index in [-0.39, 0.29) is 17.4 Å². The van der Waals surface area contributed by atoms with E-state index in [0.29, 0.717) is 0 Å². The number of halogens is 1. The number of pyridine rings is 1. The Morgan fingerprint density at radius 1 is 1.56 bits per heavy atom. The van der Waals surface area contributed by atoms with E-state index in [1.165, 1.54) is 6.20 Å². The molecule has 98 valence electrons. The highest BCUT2D eigenvalue weighted by atomic mass is 19.1. The summed E-state index contributed by atoms with van der Waals surface area (Å²) in [6, 6.07) is 1.31. The lowest BCUT2D eigenvalue weighted by Gasteiger charge is -2.29. The van der Waals surface area contributed by atoms with Crippen LogP contribution in [-0.2, 0) is 0 Å². The number of hydrogen-bond donors (Lipinski definition) is 2. The van der Waals surface area contributed by atoms with Crippen LogP contribution in [0.15, 0.2) is 12.3 Å². The molecule has 1 aromatic rings. The van der Waals surface area contributed by atoms with Crippen LogP contribution in [0, 0.1) is 5.82 Å². The van der Waals surface area contributed by atoms with Crippen LogP contribution in [0.3, 0.4) is 0 Å². The second-order valence-electron chi connectivity index (χ2n) is 4.55. The molecule has 0 bridgehead atoms. The Kier molecular flexibility index (Phi) is 3.76. The highest BCUT2D eigenvalue weighted by molar-refractivity contribution is 5.88. The molecule has 1 fully saturated rings. The molecule has 0 aromatic carbocycles. The molecular weight excluding hydrogens is 237 g/mol. The number of piperidine rings is 1. The predicted octanol–water partition coefficient (Wildman–Crippen LogP) is 1.43. The first kappa shape index (κ1) is 12.8. The van der Waals surface area contributed by atoms with Crippen molar-refractivity contribution in [3.8, 4) is 0 Å². The molecule has 0 unspecified atom stereocenters. The van der Waals surface area contributed by atoms with E-state index < -0.39 is 11.8 Å². The van der Waals surface area contributed by atoms with Crippen molar-refractivity contribution in [3.05, 3.63) is 23.6 Å². The van der Waals surface area contributed by atoms with E-state index in [2.05, 4.69) is 15.2 Å². The summed E-state index contributed by atoms with van der Waals surface area (Å²) >= 11 is 0. The van der Waals surface area contributed by atoms with Gasteiger partial charge in [0.1, 0.15) is 5.56 Å². The van der Waals surface area contributed by atoms with Gasteiger partial charge in [0.25, 0.3) is 0 Å². The van der Waals surface area contributed by atoms with Crippen molar-refractivity contribution in [2.45, 2.75) is 18.9 Å². The molecule has 2 heterocycles. The average molecular weight is 253 g/mol. The van der Waals surface area contributed by atoms with Gasteiger partial charge in [-0.15, -0.1) is 0 Å². The third-order valence-corrected chi connectivity index (χ3v) is 3.18. The zero-order chi connectivity index (χ0) is 13.1. The summed E-state index contributed by atoms with van der Waals surface area (Å²) in [4.78, 5) is 16.9. The third-order valence-electron chi connectivity index (χ3n) is 3.18. The fourth-order valence-corrected chi connectivity index (χ4v) is 2.06. The second kappa shape index (κ2) is 5.30. The third kappa shape index (κ3) is 2.76. The van der Waals surface area contributed by atoms with Crippen molar-refractivity contribution in [3.63, 3.8) is 0 Å². The first-order chi connectivity index (χ1) is 8.58. The summed E-state index contributed by atoms with van der Waals surface area (Å²) < 4.78 is 13.8. The van der Waals surface area contributed by atoms with Crippen LogP contribution < -0.4 is 5.32 Å². The van der Waals surface area contributed by atoms with E-state index in [1.54, 1.807) is 0 Å². The zero-order valence-corrected chi connectivity index (χ0v) is 10.2. The molecule has 1 saturated heterocycles. The van der Waals surface area contributed by atoms with Crippen molar-refractivity contribution in [1.29, 1.82) is 0 Å². The molecule has 6 heteroatoms. The van der Waals surface area contributed by atoms with Crippen molar-refractivity contribution in [2.24, 2.45) is 0 Å². The number of anilines is 1. The smallest absolute Gasteiger partial charge is 0.338 e. The van der Waals surface area contributed by atoms with Crippen LogP contribution in [0.1, 0.15) is 23.2 Å². The number of aromatic nitrogens is 1. The van der Waals surface area contributed by atoms with E-state index in [1.807, 2.05) is 7.05 Å². The Morgan fingerprint density at radius 3 is 2.83 bits per heavy atom. The molecule has 18 heavy (non-hydrogen) atoms. The molecule has 1 aliphatic heterocycles. The fraction of sp³-hybridized carbons (Fsp3) is 0.500. The van der Waals surface area contributed by atoms with Gasteiger partial charge in [-0.1, -0.05) is 0 Å². The first-order valence-electron chi connectivity index (χ1n) is 5.91. The second-order valence-corrected chi connectivity index (χ2v) is 4.55. The number of carbonyl (C=O) groups is 1. The Hall–Kier alpha value is -1.69. The van der Waals surface area contributed by atoms with Crippen molar-refractivity contribution in [2.75, 3.05) is 25.5 Å². The first-order valence-corrected chi connectivity index (χ1v) is 5.91. The number of carboxylic acid groups (broad SMARTS) is 1. The van der Waals surface area contributed by atoms with E-state index >= 15 is 0 Å². The molecule has 0 spiro atoms. The lowest BCUT2D eigenvalue weighted by atomic mass is 10.1. The molecule has 0 saturated carbocycles. The summed E-state index contributed by atoms with van der Waals surface area (Å²) in [5.41, 5.74) is -0.347. The minimum absolute atomic E-state index is 0.0319. The summed E-state index contributed by atoms with van der Waals surface area (Å²) in [6.45, 7) is 1.88. The monoisotopic (exact) mass is 253 g/mol. The number of aromatic carboxylic acids is 1. The predicted molar refractivity (Wildman–Crippen MR) is 65.3 cm³/mol. The van der Waals surface area contributed by atoms with Gasteiger partial charge in [-0.2, -0.15) is 0 Å². The van der Waals surface area contributed by atoms with Crippen LogP contribution in [0.2, 0.25) is 0 Å². The quantitative estimate of drug-likeness (QED) is 0.853. The minimum atomic E-state index is -1.28. The molecule has 0 atom stereocenters. The Morgan fingerprint density at radius 2 is 2.22 bits per heavy atom. The van der Waals surface area contributed by atoms with Crippen LogP contribution in [0.5, 0.6) is 0 Å². The van der Waals surface area contributed by atoms with E-state index in [9.17, 15) is 9.18 Å². The van der Waals surface area contributed by atoms with Crippen molar-refractivity contribution >= 4 is 11.8 Å². The Bertz CT molecular complexity index is 445. The van der Waals surface area contributed by atoms with Gasteiger partial charge in [0.2, 0.25) is 0 Å². The number of rotatable bonds is 3.